The quantitative estimate of drug-likeness (QED) is 0.748. The van der Waals surface area contributed by atoms with E-state index in [1.807, 2.05) is 16.8 Å². The van der Waals surface area contributed by atoms with Gasteiger partial charge in [-0.05, 0) is 43.2 Å². The molecular weight excluding hydrogens is 388 g/mol. The first-order chi connectivity index (χ1) is 13.7. The number of carbonyl (C=O) groups is 1. The summed E-state index contributed by atoms with van der Waals surface area (Å²) in [6, 6.07) is 3.52. The zero-order valence-corrected chi connectivity index (χ0v) is 18.1. The molecule has 156 valence electrons. The smallest absolute Gasteiger partial charge is 0.214 e. The standard InChI is InChI=1S/C21H28N4O3S/c1-4-29(27,28)25-10-6-8-16(25)20-19-17(11-21(2,3)12-18(19)26)24(23-20)14-15-7-5-9-22-13-15/h5,7,9,13,16H,4,6,8,10-12,14H2,1-3H3/t16-/m0/s1. The molecule has 0 radical (unpaired) electrons. The second-order valence-electron chi connectivity index (χ2n) is 8.84. The van der Waals surface area contributed by atoms with Crippen LogP contribution in [0, 0.1) is 5.41 Å². The molecule has 2 aliphatic rings. The first-order valence-corrected chi connectivity index (χ1v) is 11.8. The molecule has 2 aromatic heterocycles. The Hall–Kier alpha value is -2.06. The van der Waals surface area contributed by atoms with Crippen LogP contribution in [0.25, 0.3) is 0 Å². The van der Waals surface area contributed by atoms with Gasteiger partial charge in [0, 0.05) is 25.4 Å². The lowest BCUT2D eigenvalue weighted by Crippen LogP contribution is -2.33. The van der Waals surface area contributed by atoms with Crippen molar-refractivity contribution < 1.29 is 13.2 Å². The molecule has 0 N–H and O–H groups in total. The highest BCUT2D eigenvalue weighted by Gasteiger charge is 2.42. The number of sulfonamides is 1. The van der Waals surface area contributed by atoms with Crippen molar-refractivity contribution >= 4 is 15.8 Å². The zero-order valence-electron chi connectivity index (χ0n) is 17.3. The van der Waals surface area contributed by atoms with Crippen molar-refractivity contribution in [3.05, 3.63) is 47.0 Å². The van der Waals surface area contributed by atoms with Gasteiger partial charge in [0.1, 0.15) is 0 Å². The fourth-order valence-corrected chi connectivity index (χ4v) is 5.91. The van der Waals surface area contributed by atoms with Crippen molar-refractivity contribution in [2.24, 2.45) is 5.41 Å². The summed E-state index contributed by atoms with van der Waals surface area (Å²) in [4.78, 5) is 17.3. The number of Topliss-reactive ketones (excluding diaryl/α,β-unsaturated/α-hetero) is 1. The van der Waals surface area contributed by atoms with E-state index < -0.39 is 10.0 Å². The van der Waals surface area contributed by atoms with Crippen LogP contribution in [0.5, 0.6) is 0 Å². The molecule has 8 heteroatoms. The number of rotatable bonds is 5. The van der Waals surface area contributed by atoms with Crippen molar-refractivity contribution in [2.75, 3.05) is 12.3 Å². The predicted molar refractivity (Wildman–Crippen MR) is 110 cm³/mol. The molecule has 1 atom stereocenters. The largest absolute Gasteiger partial charge is 0.294 e. The molecule has 1 saturated heterocycles. The second kappa shape index (κ2) is 7.32. The van der Waals surface area contributed by atoms with E-state index in [-0.39, 0.29) is 23.0 Å². The van der Waals surface area contributed by atoms with Gasteiger partial charge < -0.3 is 0 Å². The van der Waals surface area contributed by atoms with Crippen LogP contribution in [-0.2, 0) is 23.0 Å². The van der Waals surface area contributed by atoms with Crippen LogP contribution in [0.3, 0.4) is 0 Å². The minimum atomic E-state index is -3.35. The second-order valence-corrected chi connectivity index (χ2v) is 11.0. The van der Waals surface area contributed by atoms with Crippen LogP contribution >= 0.6 is 0 Å². The minimum absolute atomic E-state index is 0.0586. The summed E-state index contributed by atoms with van der Waals surface area (Å²) in [5, 5.41) is 4.85. The molecule has 1 aliphatic carbocycles. The first-order valence-electron chi connectivity index (χ1n) is 10.2. The third-order valence-corrected chi connectivity index (χ3v) is 7.83. The van der Waals surface area contributed by atoms with Crippen molar-refractivity contribution in [1.82, 2.24) is 19.1 Å². The van der Waals surface area contributed by atoms with E-state index in [1.54, 1.807) is 23.6 Å². The Bertz CT molecular complexity index is 1030. The van der Waals surface area contributed by atoms with Crippen LogP contribution in [-0.4, -0.2) is 45.6 Å². The Labute approximate surface area is 172 Å². The molecule has 0 spiro atoms. The molecule has 0 saturated carbocycles. The van der Waals surface area contributed by atoms with Crippen molar-refractivity contribution in [1.29, 1.82) is 0 Å². The first kappa shape index (κ1) is 20.2. The summed E-state index contributed by atoms with van der Waals surface area (Å²) in [5.74, 6) is 0.132. The third-order valence-electron chi connectivity index (χ3n) is 5.95. The predicted octanol–water partition coefficient (Wildman–Crippen LogP) is 2.97. The van der Waals surface area contributed by atoms with Gasteiger partial charge in [-0.25, -0.2) is 8.42 Å². The molecule has 7 nitrogen and oxygen atoms in total. The van der Waals surface area contributed by atoms with Crippen molar-refractivity contribution in [3.63, 3.8) is 0 Å². The molecule has 2 aromatic rings. The lowest BCUT2D eigenvalue weighted by molar-refractivity contribution is 0.0908. The summed E-state index contributed by atoms with van der Waals surface area (Å²) in [6.07, 6.45) is 6.21. The molecule has 1 fully saturated rings. The fraction of sp³-hybridized carbons (Fsp3) is 0.571. The number of fused-ring (bicyclic) bond motifs is 1. The molecule has 0 amide bonds. The van der Waals surface area contributed by atoms with E-state index in [0.29, 0.717) is 37.2 Å². The van der Waals surface area contributed by atoms with Gasteiger partial charge in [0.15, 0.2) is 5.78 Å². The molecule has 3 heterocycles. The average molecular weight is 417 g/mol. The minimum Gasteiger partial charge on any atom is -0.294 e. The zero-order chi connectivity index (χ0) is 20.8. The maximum absolute atomic E-state index is 13.1. The van der Waals surface area contributed by atoms with Crippen molar-refractivity contribution in [2.45, 2.75) is 59.0 Å². The Kier molecular flexibility index (Phi) is 5.11. The number of ketones is 1. The molecule has 29 heavy (non-hydrogen) atoms. The summed E-state index contributed by atoms with van der Waals surface area (Å²) in [7, 11) is -3.35. The van der Waals surface area contributed by atoms with Gasteiger partial charge in [0.05, 0.1) is 35.3 Å². The van der Waals surface area contributed by atoms with Crippen LogP contribution in [0.1, 0.15) is 73.4 Å². The monoisotopic (exact) mass is 416 g/mol. The number of pyridine rings is 1. The van der Waals surface area contributed by atoms with Gasteiger partial charge in [0.2, 0.25) is 10.0 Å². The molecule has 0 aromatic carbocycles. The highest BCUT2D eigenvalue weighted by Crippen LogP contribution is 2.42. The van der Waals surface area contributed by atoms with Gasteiger partial charge in [-0.3, -0.25) is 14.5 Å². The summed E-state index contributed by atoms with van der Waals surface area (Å²) >= 11 is 0. The van der Waals surface area contributed by atoms with Crippen LogP contribution in [0.15, 0.2) is 24.5 Å². The van der Waals surface area contributed by atoms with E-state index >= 15 is 0 Å². The van der Waals surface area contributed by atoms with Gasteiger partial charge in [-0.1, -0.05) is 19.9 Å². The van der Waals surface area contributed by atoms with E-state index in [0.717, 1.165) is 24.1 Å². The lowest BCUT2D eigenvalue weighted by Gasteiger charge is -2.30. The van der Waals surface area contributed by atoms with Crippen LogP contribution in [0.2, 0.25) is 0 Å². The Morgan fingerprint density at radius 1 is 1.28 bits per heavy atom. The summed E-state index contributed by atoms with van der Waals surface area (Å²) in [5.41, 5.74) is 3.07. The van der Waals surface area contributed by atoms with Crippen molar-refractivity contribution in [3.8, 4) is 0 Å². The number of carbonyl (C=O) groups excluding carboxylic acids is 1. The van der Waals surface area contributed by atoms with E-state index in [9.17, 15) is 13.2 Å². The number of nitrogens with zero attached hydrogens (tertiary/aromatic N) is 4. The van der Waals surface area contributed by atoms with Crippen LogP contribution in [0.4, 0.5) is 0 Å². The maximum Gasteiger partial charge on any atom is 0.214 e. The van der Waals surface area contributed by atoms with Gasteiger partial charge in [0.25, 0.3) is 0 Å². The molecule has 0 bridgehead atoms. The van der Waals surface area contributed by atoms with Gasteiger partial charge in [-0.2, -0.15) is 9.40 Å². The third kappa shape index (κ3) is 3.75. The molecule has 4 rings (SSSR count). The van der Waals surface area contributed by atoms with Crippen LogP contribution < -0.4 is 0 Å². The number of hydrogen-bond acceptors (Lipinski definition) is 5. The Morgan fingerprint density at radius 2 is 2.07 bits per heavy atom. The lowest BCUT2D eigenvalue weighted by atomic mass is 9.75. The highest BCUT2D eigenvalue weighted by atomic mass is 32.2. The summed E-state index contributed by atoms with van der Waals surface area (Å²) in [6.45, 7) is 6.86. The highest BCUT2D eigenvalue weighted by molar-refractivity contribution is 7.89. The Balaban J connectivity index is 1.82. The number of hydrogen-bond donors (Lipinski definition) is 0. The fourth-order valence-electron chi connectivity index (χ4n) is 4.58. The normalized spacial score (nSPS) is 22.0. The maximum atomic E-state index is 13.1. The molecule has 1 aliphatic heterocycles. The van der Waals surface area contributed by atoms with E-state index in [2.05, 4.69) is 18.8 Å². The Morgan fingerprint density at radius 3 is 2.76 bits per heavy atom. The average Bonchev–Trinajstić information content (AvgIpc) is 3.27. The topological polar surface area (TPSA) is 85.2 Å². The van der Waals surface area contributed by atoms with Gasteiger partial charge in [-0.15, -0.1) is 0 Å². The molecule has 0 unspecified atom stereocenters. The summed E-state index contributed by atoms with van der Waals surface area (Å²) < 4.78 is 28.7. The number of aromatic nitrogens is 3. The molecular formula is C21H28N4O3S. The van der Waals surface area contributed by atoms with Gasteiger partial charge >= 0.3 is 0 Å². The van der Waals surface area contributed by atoms with E-state index in [4.69, 9.17) is 5.10 Å². The SMILES string of the molecule is CCS(=O)(=O)N1CCC[C@H]1c1nn(Cc2cccnc2)c2c1C(=O)CC(C)(C)C2. The van der Waals surface area contributed by atoms with E-state index in [1.165, 1.54) is 0 Å².